The van der Waals surface area contributed by atoms with Crippen molar-refractivity contribution in [2.45, 2.75) is 31.7 Å². The van der Waals surface area contributed by atoms with Crippen molar-refractivity contribution < 1.29 is 0 Å². The first-order valence-electron chi connectivity index (χ1n) is 5.65. The molecule has 0 aliphatic heterocycles. The molecule has 0 bridgehead atoms. The molecule has 0 radical (unpaired) electrons. The van der Waals surface area contributed by atoms with Gasteiger partial charge in [0.15, 0.2) is 10.8 Å². The van der Waals surface area contributed by atoms with Crippen LogP contribution < -0.4 is 5.56 Å². The second kappa shape index (κ2) is 4.07. The average Bonchev–Trinajstić information content (AvgIpc) is 2.82. The fourth-order valence-corrected chi connectivity index (χ4v) is 2.61. The third-order valence-corrected chi connectivity index (χ3v) is 3.49. The van der Waals surface area contributed by atoms with Gasteiger partial charge in [-0.15, -0.1) is 0 Å². The third kappa shape index (κ3) is 1.70. The average molecular weight is 251 g/mol. The van der Waals surface area contributed by atoms with Gasteiger partial charge in [0.1, 0.15) is 11.8 Å². The molecule has 5 nitrogen and oxygen atoms in total. The van der Waals surface area contributed by atoms with Crippen LogP contribution in [0.15, 0.2) is 17.3 Å². The minimum atomic E-state index is -0.112. The Kier molecular flexibility index (Phi) is 2.55. The summed E-state index contributed by atoms with van der Waals surface area (Å²) in [4.78, 5) is 24.0. The van der Waals surface area contributed by atoms with E-state index in [2.05, 4.69) is 15.0 Å². The first-order chi connectivity index (χ1) is 8.27. The monoisotopic (exact) mass is 250 g/mol. The molecule has 0 N–H and O–H groups in total. The highest BCUT2D eigenvalue weighted by atomic mass is 35.5. The Morgan fingerprint density at radius 1 is 1.24 bits per heavy atom. The molecular weight excluding hydrogens is 240 g/mol. The lowest BCUT2D eigenvalue weighted by molar-refractivity contribution is 0.514. The maximum absolute atomic E-state index is 11.9. The van der Waals surface area contributed by atoms with Crippen LogP contribution in [-0.2, 0) is 0 Å². The number of fused-ring (bicyclic) bond motifs is 1. The highest BCUT2D eigenvalue weighted by molar-refractivity contribution is 6.33. The van der Waals surface area contributed by atoms with Crippen LogP contribution in [0.1, 0.15) is 31.7 Å². The van der Waals surface area contributed by atoms with Gasteiger partial charge in [0.25, 0.3) is 5.56 Å². The van der Waals surface area contributed by atoms with Gasteiger partial charge in [-0.05, 0) is 12.8 Å². The summed E-state index contributed by atoms with van der Waals surface area (Å²) < 4.78 is 1.71. The fourth-order valence-electron chi connectivity index (χ4n) is 2.44. The minimum Gasteiger partial charge on any atom is -0.287 e. The van der Waals surface area contributed by atoms with Crippen molar-refractivity contribution in [2.75, 3.05) is 0 Å². The molecule has 2 aromatic rings. The molecule has 0 spiro atoms. The summed E-state index contributed by atoms with van der Waals surface area (Å²) in [5.41, 5.74) is 0.934. The molecule has 1 fully saturated rings. The summed E-state index contributed by atoms with van der Waals surface area (Å²) in [6, 6.07) is 0.221. The summed E-state index contributed by atoms with van der Waals surface area (Å²) in [6.07, 6.45) is 7.01. The number of nitrogens with zero attached hydrogens (tertiary/aromatic N) is 4. The molecular formula is C11H11ClN4O. The summed E-state index contributed by atoms with van der Waals surface area (Å²) in [5, 5.41) is 0.293. The van der Waals surface area contributed by atoms with Crippen LogP contribution in [0, 0.1) is 0 Å². The zero-order valence-electron chi connectivity index (χ0n) is 9.14. The lowest BCUT2D eigenvalue weighted by Crippen LogP contribution is -2.24. The Labute approximate surface area is 102 Å². The summed E-state index contributed by atoms with van der Waals surface area (Å²) in [5.74, 6) is 0. The fraction of sp³-hybridized carbons (Fsp3) is 0.455. The lowest BCUT2D eigenvalue weighted by Gasteiger charge is -2.14. The molecule has 6 heteroatoms. The van der Waals surface area contributed by atoms with Crippen molar-refractivity contribution in [2.24, 2.45) is 0 Å². The van der Waals surface area contributed by atoms with Crippen molar-refractivity contribution in [3.63, 3.8) is 0 Å². The molecule has 3 rings (SSSR count). The molecule has 1 saturated carbocycles. The Morgan fingerprint density at radius 2 is 2.00 bits per heavy atom. The van der Waals surface area contributed by atoms with Gasteiger partial charge in [0.05, 0.1) is 6.20 Å². The van der Waals surface area contributed by atoms with Crippen LogP contribution in [0.4, 0.5) is 0 Å². The van der Waals surface area contributed by atoms with Crippen LogP contribution in [-0.4, -0.2) is 19.5 Å². The van der Waals surface area contributed by atoms with Crippen molar-refractivity contribution in [1.82, 2.24) is 19.5 Å². The van der Waals surface area contributed by atoms with Crippen LogP contribution in [0.3, 0.4) is 0 Å². The Hall–Kier alpha value is -1.49. The molecule has 0 saturated heterocycles. The van der Waals surface area contributed by atoms with Gasteiger partial charge < -0.3 is 0 Å². The molecule has 0 amide bonds. The van der Waals surface area contributed by atoms with E-state index < -0.39 is 0 Å². The molecule has 2 aromatic heterocycles. The van der Waals surface area contributed by atoms with Crippen molar-refractivity contribution in [3.05, 3.63) is 28.0 Å². The van der Waals surface area contributed by atoms with E-state index >= 15 is 0 Å². The number of halogens is 1. The van der Waals surface area contributed by atoms with Crippen molar-refractivity contribution in [3.8, 4) is 0 Å². The van der Waals surface area contributed by atoms with Crippen LogP contribution >= 0.6 is 11.6 Å². The summed E-state index contributed by atoms with van der Waals surface area (Å²) >= 11 is 5.96. The van der Waals surface area contributed by atoms with Gasteiger partial charge in [-0.3, -0.25) is 9.36 Å². The Morgan fingerprint density at radius 3 is 2.76 bits per heavy atom. The SMILES string of the molecule is O=c1cnc2c(Cl)ncnc2n1C1CCCC1. The van der Waals surface area contributed by atoms with E-state index in [-0.39, 0.29) is 11.6 Å². The molecule has 1 aliphatic carbocycles. The predicted octanol–water partition coefficient (Wildman–Crippen LogP) is 1.95. The maximum atomic E-state index is 11.9. The van der Waals surface area contributed by atoms with E-state index in [0.29, 0.717) is 16.3 Å². The quantitative estimate of drug-likeness (QED) is 0.726. The highest BCUT2D eigenvalue weighted by Crippen LogP contribution is 2.30. The minimum absolute atomic E-state index is 0.112. The second-order valence-electron chi connectivity index (χ2n) is 4.24. The number of hydrogen-bond donors (Lipinski definition) is 0. The van der Waals surface area contributed by atoms with Gasteiger partial charge in [-0.2, -0.15) is 0 Å². The van der Waals surface area contributed by atoms with Gasteiger partial charge in [-0.1, -0.05) is 24.4 Å². The zero-order valence-corrected chi connectivity index (χ0v) is 9.89. The van der Waals surface area contributed by atoms with Gasteiger partial charge >= 0.3 is 0 Å². The maximum Gasteiger partial charge on any atom is 0.270 e. The molecule has 2 heterocycles. The standard InChI is InChI=1S/C11H11ClN4O/c12-10-9-11(15-6-14-10)16(8(17)5-13-9)7-3-1-2-4-7/h5-7H,1-4H2. The molecule has 0 aromatic carbocycles. The van der Waals surface area contributed by atoms with E-state index in [9.17, 15) is 4.79 Å². The smallest absolute Gasteiger partial charge is 0.270 e. The lowest BCUT2D eigenvalue weighted by atomic mass is 10.2. The predicted molar refractivity (Wildman–Crippen MR) is 64.1 cm³/mol. The molecule has 88 valence electrons. The molecule has 1 aliphatic rings. The third-order valence-electron chi connectivity index (χ3n) is 3.22. The topological polar surface area (TPSA) is 60.7 Å². The van der Waals surface area contributed by atoms with E-state index in [1.54, 1.807) is 4.57 Å². The van der Waals surface area contributed by atoms with Crippen LogP contribution in [0.5, 0.6) is 0 Å². The Bertz CT molecular complexity index is 618. The first kappa shape index (κ1) is 10.7. The highest BCUT2D eigenvalue weighted by Gasteiger charge is 2.21. The molecule has 0 unspecified atom stereocenters. The van der Waals surface area contributed by atoms with Crippen LogP contribution in [0.2, 0.25) is 5.15 Å². The number of hydrogen-bond acceptors (Lipinski definition) is 4. The number of rotatable bonds is 1. The normalized spacial score (nSPS) is 16.8. The van der Waals surface area contributed by atoms with Gasteiger partial charge in [-0.25, -0.2) is 15.0 Å². The molecule has 0 atom stereocenters. The van der Waals surface area contributed by atoms with Crippen LogP contribution in [0.25, 0.3) is 11.2 Å². The summed E-state index contributed by atoms with van der Waals surface area (Å²) in [7, 11) is 0. The van der Waals surface area contributed by atoms with E-state index in [0.717, 1.165) is 25.7 Å². The first-order valence-corrected chi connectivity index (χ1v) is 6.03. The van der Waals surface area contributed by atoms with Gasteiger partial charge in [0, 0.05) is 6.04 Å². The van der Waals surface area contributed by atoms with Crippen molar-refractivity contribution in [1.29, 1.82) is 0 Å². The largest absolute Gasteiger partial charge is 0.287 e. The van der Waals surface area contributed by atoms with E-state index in [1.165, 1.54) is 12.5 Å². The van der Waals surface area contributed by atoms with Gasteiger partial charge in [0.2, 0.25) is 0 Å². The zero-order chi connectivity index (χ0) is 11.8. The Balaban J connectivity index is 2.31. The number of aromatic nitrogens is 4. The van der Waals surface area contributed by atoms with Crippen molar-refractivity contribution >= 4 is 22.8 Å². The molecule has 17 heavy (non-hydrogen) atoms. The summed E-state index contributed by atoms with van der Waals surface area (Å²) in [6.45, 7) is 0. The van der Waals surface area contributed by atoms with E-state index in [4.69, 9.17) is 11.6 Å². The second-order valence-corrected chi connectivity index (χ2v) is 4.60. The van der Waals surface area contributed by atoms with E-state index in [1.807, 2.05) is 0 Å².